The topological polar surface area (TPSA) is 106 Å². The van der Waals surface area contributed by atoms with Crippen LogP contribution in [-0.2, 0) is 26.0 Å². The van der Waals surface area contributed by atoms with E-state index < -0.39 is 28.5 Å². The second-order valence-corrected chi connectivity index (χ2v) is 11.3. The minimum atomic E-state index is -3.89. The van der Waals surface area contributed by atoms with E-state index in [4.69, 9.17) is 4.74 Å². The Morgan fingerprint density at radius 1 is 1.25 bits per heavy atom. The van der Waals surface area contributed by atoms with Gasteiger partial charge in [0.15, 0.2) is 11.7 Å². The van der Waals surface area contributed by atoms with Crippen molar-refractivity contribution in [2.45, 2.75) is 24.3 Å². The Hall–Kier alpha value is -2.76. The Kier molecular flexibility index (Phi) is 6.31. The van der Waals surface area contributed by atoms with E-state index in [-0.39, 0.29) is 16.5 Å². The smallest absolute Gasteiger partial charge is 0.338 e. The van der Waals surface area contributed by atoms with Crippen LogP contribution in [-0.4, -0.2) is 37.9 Å². The van der Waals surface area contributed by atoms with Gasteiger partial charge in [0, 0.05) is 6.04 Å². The zero-order valence-corrected chi connectivity index (χ0v) is 20.0. The molecule has 0 saturated heterocycles. The van der Waals surface area contributed by atoms with Gasteiger partial charge in [0.05, 0.1) is 26.1 Å². The highest BCUT2D eigenvalue weighted by Crippen LogP contribution is 2.36. The lowest BCUT2D eigenvalue weighted by Gasteiger charge is -2.24. The van der Waals surface area contributed by atoms with Gasteiger partial charge in [-0.05, 0) is 59.1 Å². The fraction of sp³-hybridized carbons (Fsp3) is 0.190. The Balaban J connectivity index is 1.48. The quantitative estimate of drug-likeness (QED) is 0.480. The summed E-state index contributed by atoms with van der Waals surface area (Å²) in [5.74, 6) is -1.35. The number of hydrogen-bond acceptors (Lipinski definition) is 7. The first-order valence-electron chi connectivity index (χ1n) is 9.56. The molecule has 1 aliphatic heterocycles. The third-order valence-corrected chi connectivity index (χ3v) is 8.15. The predicted octanol–water partition coefficient (Wildman–Crippen LogP) is 3.84. The van der Waals surface area contributed by atoms with E-state index in [2.05, 4.69) is 26.2 Å². The molecule has 4 rings (SSSR count). The molecule has 1 N–H and O–H groups in total. The summed E-state index contributed by atoms with van der Waals surface area (Å²) in [6.07, 6.45) is 2.15. The molecule has 1 unspecified atom stereocenters. The van der Waals surface area contributed by atoms with Crippen molar-refractivity contribution >= 4 is 60.0 Å². The molecule has 32 heavy (non-hydrogen) atoms. The van der Waals surface area contributed by atoms with E-state index in [1.807, 2.05) is 19.1 Å². The molecule has 166 valence electrons. The lowest BCUT2D eigenvalue weighted by Crippen LogP contribution is -2.35. The maximum Gasteiger partial charge on any atom is 0.338 e. The Labute approximate surface area is 197 Å². The third-order valence-electron chi connectivity index (χ3n) is 4.83. The summed E-state index contributed by atoms with van der Waals surface area (Å²) in [6, 6.07) is 12.7. The number of aromatic nitrogens is 1. The summed E-state index contributed by atoms with van der Waals surface area (Å²) in [7, 11) is -3.89. The van der Waals surface area contributed by atoms with Gasteiger partial charge in [-0.3, -0.25) is 14.4 Å². The van der Waals surface area contributed by atoms with Crippen LogP contribution in [0.3, 0.4) is 0 Å². The maximum atomic E-state index is 13.4. The zero-order chi connectivity index (χ0) is 22.9. The summed E-state index contributed by atoms with van der Waals surface area (Å²) in [5.41, 5.74) is 1.63. The monoisotopic (exact) mass is 535 g/mol. The number of hydrogen-bond donors (Lipinski definition) is 1. The molecule has 1 aromatic heterocycles. The molecule has 1 aliphatic rings. The number of carbonyl (C=O) groups excluding carboxylic acids is 2. The van der Waals surface area contributed by atoms with Crippen LogP contribution >= 0.6 is 27.3 Å². The van der Waals surface area contributed by atoms with Crippen LogP contribution < -0.4 is 9.62 Å². The number of para-hydroxylation sites is 1. The second-order valence-electron chi connectivity index (χ2n) is 7.10. The minimum Gasteiger partial charge on any atom is -0.452 e. The molecule has 0 spiro atoms. The molecular weight excluding hydrogens is 518 g/mol. The highest BCUT2D eigenvalue weighted by atomic mass is 79.9. The Bertz CT molecular complexity index is 1290. The lowest BCUT2D eigenvalue weighted by atomic mass is 10.1. The van der Waals surface area contributed by atoms with Gasteiger partial charge in [-0.25, -0.2) is 18.2 Å². The second kappa shape index (κ2) is 9.00. The number of rotatable bonds is 6. The first-order chi connectivity index (χ1) is 15.3. The molecule has 11 heteroatoms. The van der Waals surface area contributed by atoms with Gasteiger partial charge in [-0.1, -0.05) is 35.6 Å². The molecule has 2 heterocycles. The van der Waals surface area contributed by atoms with Crippen molar-refractivity contribution in [3.63, 3.8) is 0 Å². The van der Waals surface area contributed by atoms with Crippen molar-refractivity contribution < 1.29 is 22.7 Å². The maximum absolute atomic E-state index is 13.4. The average molecular weight is 536 g/mol. The number of ether oxygens (including phenoxy) is 1. The number of amides is 1. The fourth-order valence-corrected chi connectivity index (χ4v) is 6.34. The summed E-state index contributed by atoms with van der Waals surface area (Å²) >= 11 is 4.46. The van der Waals surface area contributed by atoms with Crippen LogP contribution in [0.5, 0.6) is 0 Å². The molecule has 1 amide bonds. The van der Waals surface area contributed by atoms with E-state index in [1.165, 1.54) is 46.1 Å². The fourth-order valence-electron chi connectivity index (χ4n) is 3.48. The number of halogens is 1. The molecule has 0 radical (unpaired) electrons. The van der Waals surface area contributed by atoms with Crippen molar-refractivity contribution in [1.29, 1.82) is 0 Å². The van der Waals surface area contributed by atoms with Crippen molar-refractivity contribution in [1.82, 2.24) is 4.98 Å². The number of nitrogens with one attached hydrogen (secondary N) is 1. The number of esters is 1. The summed E-state index contributed by atoms with van der Waals surface area (Å²) in [4.78, 5) is 28.4. The molecular formula is C21H18BrN3O5S2. The first-order valence-corrected chi connectivity index (χ1v) is 12.6. The highest BCUT2D eigenvalue weighted by molar-refractivity contribution is 9.11. The molecule has 0 bridgehead atoms. The predicted molar refractivity (Wildman–Crippen MR) is 124 cm³/mol. The Morgan fingerprint density at radius 3 is 2.78 bits per heavy atom. The van der Waals surface area contributed by atoms with Crippen molar-refractivity contribution in [2.75, 3.05) is 16.2 Å². The largest absolute Gasteiger partial charge is 0.452 e. The average Bonchev–Trinajstić information content (AvgIpc) is 3.33. The van der Waals surface area contributed by atoms with Gasteiger partial charge in [0.1, 0.15) is 0 Å². The van der Waals surface area contributed by atoms with E-state index in [0.717, 1.165) is 9.35 Å². The number of fused-ring (bicyclic) bond motifs is 1. The standard InChI is InChI=1S/C21H18BrN3O5S2/c1-13-9-14-5-2-3-8-17(14)25(13)32(28,29)16-7-4-6-15(10-16)20(27)30-12-19(26)24-21-23-11-18(22)31-21/h2-8,10-11,13H,9,12H2,1H3,(H,23,24,26). The van der Waals surface area contributed by atoms with Crippen molar-refractivity contribution in [2.24, 2.45) is 0 Å². The van der Waals surface area contributed by atoms with Crippen molar-refractivity contribution in [3.05, 3.63) is 69.6 Å². The number of carbonyl (C=O) groups is 2. The summed E-state index contributed by atoms with van der Waals surface area (Å²) in [6.45, 7) is 1.32. The summed E-state index contributed by atoms with van der Waals surface area (Å²) < 4.78 is 33.9. The lowest BCUT2D eigenvalue weighted by molar-refractivity contribution is -0.119. The molecule has 0 saturated carbocycles. The van der Waals surface area contributed by atoms with Crippen molar-refractivity contribution in [3.8, 4) is 0 Å². The van der Waals surface area contributed by atoms with Gasteiger partial charge in [-0.2, -0.15) is 0 Å². The molecule has 0 aliphatic carbocycles. The molecule has 3 aromatic rings. The Morgan fingerprint density at radius 2 is 2.03 bits per heavy atom. The normalized spacial score (nSPS) is 15.3. The highest BCUT2D eigenvalue weighted by Gasteiger charge is 2.36. The van der Waals surface area contributed by atoms with Gasteiger partial charge < -0.3 is 4.74 Å². The SMILES string of the molecule is CC1Cc2ccccc2N1S(=O)(=O)c1cccc(C(=O)OCC(=O)Nc2ncc(Br)s2)c1. The summed E-state index contributed by atoms with van der Waals surface area (Å²) in [5, 5.41) is 2.88. The van der Waals surface area contributed by atoms with Gasteiger partial charge >= 0.3 is 5.97 Å². The van der Waals surface area contributed by atoms with Crippen LogP contribution in [0.15, 0.2) is 63.4 Å². The van der Waals surface area contributed by atoms with E-state index in [0.29, 0.717) is 17.2 Å². The van der Waals surface area contributed by atoms with Gasteiger partial charge in [0.25, 0.3) is 15.9 Å². The van der Waals surface area contributed by atoms with Gasteiger partial charge in [0.2, 0.25) is 0 Å². The van der Waals surface area contributed by atoms with Crippen LogP contribution in [0, 0.1) is 0 Å². The number of anilines is 2. The number of thiazole rings is 1. The van der Waals surface area contributed by atoms with Gasteiger partial charge in [-0.15, -0.1) is 0 Å². The number of nitrogens with zero attached hydrogens (tertiary/aromatic N) is 2. The zero-order valence-electron chi connectivity index (χ0n) is 16.8. The number of sulfonamides is 1. The molecule has 1 atom stereocenters. The minimum absolute atomic E-state index is 0.0207. The van der Waals surface area contributed by atoms with E-state index in [1.54, 1.807) is 12.1 Å². The number of benzene rings is 2. The molecule has 0 fully saturated rings. The van der Waals surface area contributed by atoms with Crippen LogP contribution in [0.2, 0.25) is 0 Å². The molecule has 8 nitrogen and oxygen atoms in total. The van der Waals surface area contributed by atoms with Crippen LogP contribution in [0.1, 0.15) is 22.8 Å². The molecule has 2 aromatic carbocycles. The van der Waals surface area contributed by atoms with E-state index >= 15 is 0 Å². The third kappa shape index (κ3) is 4.54. The first kappa shape index (κ1) is 22.4. The van der Waals surface area contributed by atoms with Crippen LogP contribution in [0.25, 0.3) is 0 Å². The van der Waals surface area contributed by atoms with E-state index in [9.17, 15) is 18.0 Å². The van der Waals surface area contributed by atoms with Crippen LogP contribution in [0.4, 0.5) is 10.8 Å².